The van der Waals surface area contributed by atoms with Crippen molar-refractivity contribution >= 4 is 50.6 Å². The van der Waals surface area contributed by atoms with Crippen LogP contribution in [-0.2, 0) is 13.1 Å². The number of hydrogen-bond acceptors (Lipinski definition) is 17. The summed E-state index contributed by atoms with van der Waals surface area (Å²) in [6.45, 7) is 13.7. The molecule has 18 rings (SSSR count). The monoisotopic (exact) mass is 1230 g/mol. The van der Waals surface area contributed by atoms with Crippen LogP contribution in [-0.4, -0.2) is 159 Å². The average molecular weight is 1230 g/mol. The lowest BCUT2D eigenvalue weighted by molar-refractivity contribution is 0.174. The predicted molar refractivity (Wildman–Crippen MR) is 361 cm³/mol. The molecule has 7 aromatic carbocycles. The molecule has 0 atom stereocenters. The molecular weight excluding hydrogens is 1160 g/mol. The minimum Gasteiger partial charge on any atom is -0.454 e. The Kier molecular flexibility index (Phi) is 15.9. The topological polar surface area (TPSA) is 169 Å². The van der Waals surface area contributed by atoms with Gasteiger partial charge in [0, 0.05) is 91.6 Å². The van der Waals surface area contributed by atoms with Gasteiger partial charge in [0.05, 0.1) is 57.9 Å². The van der Waals surface area contributed by atoms with Gasteiger partial charge in [0.25, 0.3) is 0 Å². The van der Waals surface area contributed by atoms with Crippen LogP contribution in [0.3, 0.4) is 0 Å². The van der Waals surface area contributed by atoms with Crippen molar-refractivity contribution in [3.05, 3.63) is 248 Å². The van der Waals surface area contributed by atoms with E-state index >= 15 is 0 Å². The Morgan fingerprint density at radius 1 is 0.344 bits per heavy atom. The SMILES string of the molecule is c1ccc(-n2ncc3c(N4CCN(C5c6ccccc6-c6ccccc65)CC4)ncnc32)cc1.c1ccc(-n2ncc3c(N4CCN(Cc5ccc6c(c5)OCO6)CC4)ncnc32)cc1.c1ccc(CN2CCN(c3ncnc4c3cnn4-c3ccccc3)CC2)cc1. The zero-order valence-corrected chi connectivity index (χ0v) is 51.4. The standard InChI is InChI=1S/C28H24N6.C23H22N6O2.C22H22N6/c1-2-8-20(9-3-1)34-28-25(18-31-34)27(29-19-30-28)33-16-14-32(15-17-33)26-23-12-6-4-10-21(23)22-11-5-7-13-24(22)26;1-2-4-18(5-3-1)29-23-19(13-26-29)22(24-15-25-23)28-10-8-27(9-11-28)14-17-6-7-20-21(12-17)31-16-30-20;1-3-7-18(8-4-1)16-26-11-13-27(14-12-26)21-20-15-25-28(22(20)24-17-23-21)19-9-5-2-6-10-19/h1-13,18-19,26H,14-17H2;1-7,12-13,15H,8-11,14,16H2;1-10,15,17H,11-14,16H2. The quantitative estimate of drug-likeness (QED) is 0.120. The summed E-state index contributed by atoms with van der Waals surface area (Å²) < 4.78 is 16.6. The fraction of sp³-hybridized carbons (Fsp3) is 0.219. The van der Waals surface area contributed by atoms with E-state index in [0.717, 1.165) is 171 Å². The van der Waals surface area contributed by atoms with Gasteiger partial charge in [-0.15, -0.1) is 0 Å². The molecule has 0 amide bonds. The first-order valence-corrected chi connectivity index (χ1v) is 31.9. The molecule has 0 unspecified atom stereocenters. The van der Waals surface area contributed by atoms with Crippen molar-refractivity contribution < 1.29 is 9.47 Å². The molecule has 13 aromatic rings. The van der Waals surface area contributed by atoms with E-state index in [1.807, 2.05) is 130 Å². The van der Waals surface area contributed by atoms with Crippen molar-refractivity contribution in [1.82, 2.24) is 73.9 Å². The molecule has 0 saturated carbocycles. The fourth-order valence-electron chi connectivity index (χ4n) is 13.6. The van der Waals surface area contributed by atoms with E-state index in [-0.39, 0.29) is 0 Å². The maximum absolute atomic E-state index is 5.51. The van der Waals surface area contributed by atoms with Gasteiger partial charge in [-0.25, -0.2) is 43.9 Å². The molecular formula is C73H68N18O2. The lowest BCUT2D eigenvalue weighted by Crippen LogP contribution is -2.48. The van der Waals surface area contributed by atoms with Gasteiger partial charge >= 0.3 is 0 Å². The van der Waals surface area contributed by atoms with Gasteiger partial charge in [0.15, 0.2) is 28.4 Å². The average Bonchev–Trinajstić information content (AvgIpc) is 1.71. The molecule has 6 aromatic heterocycles. The number of hydrogen-bond donors (Lipinski definition) is 0. The van der Waals surface area contributed by atoms with E-state index in [0.29, 0.717) is 12.8 Å². The summed E-state index contributed by atoms with van der Waals surface area (Å²) in [6.07, 6.45) is 10.6. The number of anilines is 3. The Labute approximate surface area is 538 Å². The van der Waals surface area contributed by atoms with Crippen molar-refractivity contribution in [2.75, 3.05) is 100 Å². The maximum Gasteiger partial charge on any atom is 0.231 e. The first kappa shape index (κ1) is 57.2. The van der Waals surface area contributed by atoms with E-state index < -0.39 is 0 Å². The van der Waals surface area contributed by atoms with Crippen LogP contribution in [0.25, 0.3) is 61.3 Å². The predicted octanol–water partition coefficient (Wildman–Crippen LogP) is 10.7. The number of para-hydroxylation sites is 3. The lowest BCUT2D eigenvalue weighted by atomic mass is 10.0. The second kappa shape index (κ2) is 25.8. The molecule has 20 heteroatoms. The molecule has 93 heavy (non-hydrogen) atoms. The van der Waals surface area contributed by atoms with Crippen molar-refractivity contribution in [3.63, 3.8) is 0 Å². The minimum atomic E-state index is 0.311. The summed E-state index contributed by atoms with van der Waals surface area (Å²) in [5.74, 6) is 4.58. The van der Waals surface area contributed by atoms with Gasteiger partial charge in [-0.05, 0) is 81.9 Å². The molecule has 3 saturated heterocycles. The number of rotatable bonds is 11. The molecule has 462 valence electrons. The van der Waals surface area contributed by atoms with Gasteiger partial charge < -0.3 is 24.2 Å². The second-order valence-electron chi connectivity index (χ2n) is 23.8. The zero-order valence-electron chi connectivity index (χ0n) is 51.4. The van der Waals surface area contributed by atoms with E-state index in [1.165, 1.54) is 33.4 Å². The number of fused-ring (bicyclic) bond motifs is 7. The van der Waals surface area contributed by atoms with Gasteiger partial charge in [0.2, 0.25) is 6.79 Å². The third-order valence-corrected chi connectivity index (χ3v) is 18.3. The largest absolute Gasteiger partial charge is 0.454 e. The third kappa shape index (κ3) is 11.6. The van der Waals surface area contributed by atoms with Gasteiger partial charge in [-0.3, -0.25) is 14.7 Å². The highest BCUT2D eigenvalue weighted by molar-refractivity contribution is 5.90. The Hall–Kier alpha value is -10.9. The summed E-state index contributed by atoms with van der Waals surface area (Å²) in [6, 6.07) is 65.2. The van der Waals surface area contributed by atoms with E-state index in [4.69, 9.17) is 9.47 Å². The summed E-state index contributed by atoms with van der Waals surface area (Å²) >= 11 is 0. The van der Waals surface area contributed by atoms with Crippen LogP contribution in [0.4, 0.5) is 17.5 Å². The highest BCUT2D eigenvalue weighted by Crippen LogP contribution is 2.47. The number of ether oxygens (including phenoxy) is 2. The molecule has 5 aliphatic rings. The Morgan fingerprint density at radius 3 is 1.16 bits per heavy atom. The van der Waals surface area contributed by atoms with Gasteiger partial charge in [0.1, 0.15) is 36.4 Å². The summed E-state index contributed by atoms with van der Waals surface area (Å²) in [7, 11) is 0. The molecule has 10 heterocycles. The van der Waals surface area contributed by atoms with E-state index in [9.17, 15) is 0 Å². The Balaban J connectivity index is 0.000000111. The molecule has 0 bridgehead atoms. The molecule has 0 spiro atoms. The summed E-state index contributed by atoms with van der Waals surface area (Å²) in [5.41, 5.74) is 13.7. The van der Waals surface area contributed by atoms with Crippen LogP contribution in [0.5, 0.6) is 11.5 Å². The number of piperazine rings is 3. The Morgan fingerprint density at radius 2 is 0.720 bits per heavy atom. The highest BCUT2D eigenvalue weighted by atomic mass is 16.7. The summed E-state index contributed by atoms with van der Waals surface area (Å²) in [5, 5.41) is 16.8. The van der Waals surface area contributed by atoms with Gasteiger partial charge in [-0.1, -0.05) is 140 Å². The van der Waals surface area contributed by atoms with Crippen LogP contribution in [0.15, 0.2) is 226 Å². The van der Waals surface area contributed by atoms with Crippen LogP contribution in [0.1, 0.15) is 28.3 Å². The minimum absolute atomic E-state index is 0.311. The number of aromatic nitrogens is 12. The molecule has 4 aliphatic heterocycles. The maximum atomic E-state index is 5.51. The zero-order chi connectivity index (χ0) is 61.9. The molecule has 0 radical (unpaired) electrons. The summed E-state index contributed by atoms with van der Waals surface area (Å²) in [4.78, 5) is 42.0. The normalized spacial score (nSPS) is 15.8. The fourth-order valence-corrected chi connectivity index (χ4v) is 13.6. The number of nitrogens with zero attached hydrogens (tertiary/aromatic N) is 18. The lowest BCUT2D eigenvalue weighted by Gasteiger charge is -2.39. The van der Waals surface area contributed by atoms with Crippen LogP contribution in [0.2, 0.25) is 0 Å². The first-order valence-electron chi connectivity index (χ1n) is 31.9. The number of benzene rings is 7. The van der Waals surface area contributed by atoms with Crippen molar-refractivity contribution in [2.24, 2.45) is 0 Å². The van der Waals surface area contributed by atoms with Crippen LogP contribution >= 0.6 is 0 Å². The van der Waals surface area contributed by atoms with E-state index in [1.54, 1.807) is 19.0 Å². The second-order valence-corrected chi connectivity index (χ2v) is 23.8. The molecule has 0 N–H and O–H groups in total. The highest BCUT2D eigenvalue weighted by Gasteiger charge is 2.35. The van der Waals surface area contributed by atoms with E-state index in [2.05, 4.69) is 166 Å². The first-order chi connectivity index (χ1) is 46.1. The van der Waals surface area contributed by atoms with Crippen molar-refractivity contribution in [2.45, 2.75) is 19.1 Å². The van der Waals surface area contributed by atoms with Crippen molar-refractivity contribution in [1.29, 1.82) is 0 Å². The van der Waals surface area contributed by atoms with Crippen molar-refractivity contribution in [3.8, 4) is 39.7 Å². The smallest absolute Gasteiger partial charge is 0.231 e. The third-order valence-electron chi connectivity index (χ3n) is 18.3. The van der Waals surface area contributed by atoms with Crippen LogP contribution in [0, 0.1) is 0 Å². The molecule has 1 aliphatic carbocycles. The van der Waals surface area contributed by atoms with Gasteiger partial charge in [-0.2, -0.15) is 15.3 Å². The molecule has 20 nitrogen and oxygen atoms in total. The Bertz CT molecular complexity index is 4650. The van der Waals surface area contributed by atoms with Crippen LogP contribution < -0.4 is 24.2 Å². The molecule has 3 fully saturated rings.